The van der Waals surface area contributed by atoms with Gasteiger partial charge in [-0.3, -0.25) is 14.9 Å². The molecule has 0 unspecified atom stereocenters. The average molecular weight is 480 g/mol. The first-order valence-corrected chi connectivity index (χ1v) is 11.3. The van der Waals surface area contributed by atoms with Crippen molar-refractivity contribution in [2.24, 2.45) is 0 Å². The number of hydrogen-bond acceptors (Lipinski definition) is 4. The van der Waals surface area contributed by atoms with E-state index in [0.29, 0.717) is 22.6 Å². The van der Waals surface area contributed by atoms with Crippen molar-refractivity contribution >= 4 is 40.4 Å². The number of amides is 4. The molecule has 1 N–H and O–H groups in total. The first-order chi connectivity index (χ1) is 17.4. The Bertz CT molecular complexity index is 1560. The summed E-state index contributed by atoms with van der Waals surface area (Å²) in [6.45, 7) is 1.93. The lowest BCUT2D eigenvalue weighted by atomic mass is 9.99. The number of nitrogens with one attached hydrogen (secondary N) is 1. The highest BCUT2D eigenvalue weighted by molar-refractivity contribution is 6.39. The molecule has 0 radical (unpaired) electrons. The summed E-state index contributed by atoms with van der Waals surface area (Å²) >= 11 is 0. The van der Waals surface area contributed by atoms with E-state index in [2.05, 4.69) is 5.32 Å². The van der Waals surface area contributed by atoms with Gasteiger partial charge in [-0.05, 0) is 65.2 Å². The van der Waals surface area contributed by atoms with Gasteiger partial charge in [-0.2, -0.15) is 0 Å². The number of urea groups is 1. The third-order valence-corrected chi connectivity index (χ3v) is 5.86. The molecule has 178 valence electrons. The van der Waals surface area contributed by atoms with Crippen LogP contribution in [0.1, 0.15) is 16.7 Å². The maximum atomic E-state index is 13.6. The van der Waals surface area contributed by atoms with Crippen LogP contribution < -0.4 is 15.0 Å². The van der Waals surface area contributed by atoms with Gasteiger partial charge < -0.3 is 4.74 Å². The first-order valence-electron chi connectivity index (χ1n) is 11.3. The van der Waals surface area contributed by atoms with Crippen LogP contribution in [0.15, 0.2) is 90.5 Å². The second-order valence-corrected chi connectivity index (χ2v) is 8.41. The molecule has 1 fully saturated rings. The molecular weight excluding hydrogens is 459 g/mol. The highest BCUT2D eigenvalue weighted by Gasteiger charge is 2.37. The molecule has 0 spiro atoms. The maximum absolute atomic E-state index is 13.6. The predicted molar refractivity (Wildman–Crippen MR) is 135 cm³/mol. The topological polar surface area (TPSA) is 75.7 Å². The number of barbiturate groups is 1. The molecule has 0 aliphatic carbocycles. The van der Waals surface area contributed by atoms with E-state index in [1.807, 2.05) is 43.3 Å². The van der Waals surface area contributed by atoms with Crippen LogP contribution in [0.2, 0.25) is 0 Å². The summed E-state index contributed by atoms with van der Waals surface area (Å²) in [6.07, 6.45) is 1.44. The predicted octanol–water partition coefficient (Wildman–Crippen LogP) is 5.53. The minimum absolute atomic E-state index is 0.0837. The van der Waals surface area contributed by atoms with Gasteiger partial charge in [0.1, 0.15) is 23.7 Å². The van der Waals surface area contributed by atoms with Crippen molar-refractivity contribution < 1.29 is 23.5 Å². The third kappa shape index (κ3) is 4.46. The number of ether oxygens (including phenoxy) is 1. The Labute approximate surface area is 206 Å². The number of hydrogen-bond donors (Lipinski definition) is 1. The average Bonchev–Trinajstić information content (AvgIpc) is 2.85. The SMILES string of the molecule is Cc1cccc(N2C(=O)NC(=O)/C(=C\c3c(OCc4cccc(F)c4)ccc4ccccc34)C2=O)c1. The Morgan fingerprint density at radius 3 is 2.53 bits per heavy atom. The fourth-order valence-corrected chi connectivity index (χ4v) is 4.14. The lowest BCUT2D eigenvalue weighted by Gasteiger charge is -2.26. The van der Waals surface area contributed by atoms with Gasteiger partial charge in [-0.15, -0.1) is 0 Å². The van der Waals surface area contributed by atoms with Gasteiger partial charge in [0.25, 0.3) is 11.8 Å². The van der Waals surface area contributed by atoms with Crippen molar-refractivity contribution in [3.05, 3.63) is 113 Å². The van der Waals surface area contributed by atoms with Gasteiger partial charge in [-0.25, -0.2) is 14.1 Å². The van der Waals surface area contributed by atoms with Crippen molar-refractivity contribution in [2.75, 3.05) is 4.90 Å². The maximum Gasteiger partial charge on any atom is 0.335 e. The van der Waals surface area contributed by atoms with Crippen LogP contribution in [0.3, 0.4) is 0 Å². The Kier molecular flexibility index (Phi) is 6.04. The monoisotopic (exact) mass is 480 g/mol. The Morgan fingerprint density at radius 2 is 1.72 bits per heavy atom. The number of anilines is 1. The van der Waals surface area contributed by atoms with Gasteiger partial charge in [-0.1, -0.05) is 54.6 Å². The normalized spacial score (nSPS) is 14.9. The number of aryl methyl sites for hydroxylation is 1. The zero-order chi connectivity index (χ0) is 25.2. The molecule has 1 aliphatic heterocycles. The van der Waals surface area contributed by atoms with Crippen LogP contribution in [0, 0.1) is 12.7 Å². The van der Waals surface area contributed by atoms with Crippen LogP contribution in [0.5, 0.6) is 5.75 Å². The number of imide groups is 2. The van der Waals surface area contributed by atoms with Crippen LogP contribution in [0.25, 0.3) is 16.8 Å². The van der Waals surface area contributed by atoms with Gasteiger partial charge in [0.2, 0.25) is 0 Å². The molecule has 1 heterocycles. The number of carbonyl (C=O) groups is 3. The second-order valence-electron chi connectivity index (χ2n) is 8.41. The first kappa shape index (κ1) is 23.0. The zero-order valence-corrected chi connectivity index (χ0v) is 19.3. The fourth-order valence-electron chi connectivity index (χ4n) is 4.14. The molecule has 0 atom stereocenters. The van der Waals surface area contributed by atoms with Gasteiger partial charge in [0.15, 0.2) is 0 Å². The summed E-state index contributed by atoms with van der Waals surface area (Å²) in [4.78, 5) is 39.7. The molecule has 4 amide bonds. The van der Waals surface area contributed by atoms with E-state index >= 15 is 0 Å². The van der Waals surface area contributed by atoms with Crippen LogP contribution >= 0.6 is 0 Å². The highest BCUT2D eigenvalue weighted by atomic mass is 19.1. The molecule has 36 heavy (non-hydrogen) atoms. The second kappa shape index (κ2) is 9.46. The number of fused-ring (bicyclic) bond motifs is 1. The summed E-state index contributed by atoms with van der Waals surface area (Å²) in [7, 11) is 0. The fraction of sp³-hybridized carbons (Fsp3) is 0.0690. The summed E-state index contributed by atoms with van der Waals surface area (Å²) in [5.74, 6) is -1.50. The molecule has 4 aromatic carbocycles. The van der Waals surface area contributed by atoms with Gasteiger partial charge in [0.05, 0.1) is 5.69 Å². The summed E-state index contributed by atoms with van der Waals surface area (Å²) in [5.41, 5.74) is 2.14. The Hall–Kier alpha value is -4.78. The quantitative estimate of drug-likeness (QED) is 0.301. The van der Waals surface area contributed by atoms with Crippen molar-refractivity contribution in [1.82, 2.24) is 5.32 Å². The van der Waals surface area contributed by atoms with Crippen LogP contribution in [0.4, 0.5) is 14.9 Å². The highest BCUT2D eigenvalue weighted by Crippen LogP contribution is 2.32. The molecule has 1 aliphatic rings. The minimum Gasteiger partial charge on any atom is -0.488 e. The van der Waals surface area contributed by atoms with Crippen molar-refractivity contribution in [3.63, 3.8) is 0 Å². The lowest BCUT2D eigenvalue weighted by molar-refractivity contribution is -0.122. The standard InChI is InChI=1S/C29H21FN2O4/c1-18-6-4-10-22(14-18)32-28(34)25(27(33)31-29(32)35)16-24-23-11-3-2-8-20(23)12-13-26(24)36-17-19-7-5-9-21(30)15-19/h2-16H,17H2,1H3,(H,31,33,35)/b25-16+. The number of nitrogens with zero attached hydrogens (tertiary/aromatic N) is 1. The van der Waals surface area contributed by atoms with E-state index in [0.717, 1.165) is 21.2 Å². The van der Waals surface area contributed by atoms with Crippen LogP contribution in [-0.4, -0.2) is 17.8 Å². The van der Waals surface area contributed by atoms with E-state index in [1.165, 1.54) is 18.2 Å². The summed E-state index contributed by atoms with van der Waals surface area (Å²) < 4.78 is 19.6. The van der Waals surface area contributed by atoms with Crippen molar-refractivity contribution in [2.45, 2.75) is 13.5 Å². The van der Waals surface area contributed by atoms with E-state index in [1.54, 1.807) is 36.4 Å². The van der Waals surface area contributed by atoms with E-state index < -0.39 is 17.8 Å². The molecule has 0 saturated carbocycles. The lowest BCUT2D eigenvalue weighted by Crippen LogP contribution is -2.54. The van der Waals surface area contributed by atoms with E-state index in [4.69, 9.17) is 4.74 Å². The number of carbonyl (C=O) groups excluding carboxylic acids is 3. The smallest absolute Gasteiger partial charge is 0.335 e. The van der Waals surface area contributed by atoms with Crippen LogP contribution in [-0.2, 0) is 16.2 Å². The molecule has 4 aromatic rings. The third-order valence-electron chi connectivity index (χ3n) is 5.86. The Balaban J connectivity index is 1.59. The Morgan fingerprint density at radius 1 is 0.917 bits per heavy atom. The number of benzene rings is 4. The summed E-state index contributed by atoms with van der Waals surface area (Å²) in [5, 5.41) is 3.88. The zero-order valence-electron chi connectivity index (χ0n) is 19.3. The molecule has 7 heteroatoms. The van der Waals surface area contributed by atoms with Crippen molar-refractivity contribution in [3.8, 4) is 5.75 Å². The van der Waals surface area contributed by atoms with E-state index in [9.17, 15) is 18.8 Å². The molecule has 0 aromatic heterocycles. The molecule has 5 rings (SSSR count). The van der Waals surface area contributed by atoms with Gasteiger partial charge in [0, 0.05) is 5.56 Å². The van der Waals surface area contributed by atoms with E-state index in [-0.39, 0.29) is 18.0 Å². The number of rotatable bonds is 5. The largest absolute Gasteiger partial charge is 0.488 e. The summed E-state index contributed by atoms with van der Waals surface area (Å²) in [6, 6.07) is 23.2. The minimum atomic E-state index is -0.812. The van der Waals surface area contributed by atoms with Gasteiger partial charge >= 0.3 is 6.03 Å². The number of halogens is 1. The molecule has 1 saturated heterocycles. The molecular formula is C29H21FN2O4. The molecule has 0 bridgehead atoms. The van der Waals surface area contributed by atoms with Crippen molar-refractivity contribution in [1.29, 1.82) is 0 Å². The molecule has 6 nitrogen and oxygen atoms in total.